The number of nitrogens with two attached hydrogens (primary N) is 1. The van der Waals surface area contributed by atoms with Crippen LogP contribution in [0.5, 0.6) is 0 Å². The highest BCUT2D eigenvalue weighted by Crippen LogP contribution is 2.33. The van der Waals surface area contributed by atoms with Crippen LogP contribution in [0.3, 0.4) is 0 Å². The third-order valence-electron chi connectivity index (χ3n) is 3.14. The second-order valence-corrected chi connectivity index (χ2v) is 4.27. The molecule has 3 heteroatoms. The summed E-state index contributed by atoms with van der Waals surface area (Å²) in [7, 11) is 0. The molecule has 0 spiro atoms. The van der Waals surface area contributed by atoms with Crippen molar-refractivity contribution in [3.63, 3.8) is 0 Å². The Balaban J connectivity index is 2.24. The van der Waals surface area contributed by atoms with Crippen LogP contribution in [0.15, 0.2) is 18.2 Å². The number of hydrogen-bond acceptors (Lipinski definition) is 1. The third kappa shape index (κ3) is 2.17. The Labute approximate surface area is 88.3 Å². The van der Waals surface area contributed by atoms with E-state index in [1.807, 2.05) is 0 Å². The minimum absolute atomic E-state index is 0.0875. The van der Waals surface area contributed by atoms with Gasteiger partial charge in [0.1, 0.15) is 0 Å². The van der Waals surface area contributed by atoms with E-state index in [1.165, 1.54) is 0 Å². The zero-order valence-corrected chi connectivity index (χ0v) is 8.55. The number of halogens is 2. The topological polar surface area (TPSA) is 26.0 Å². The van der Waals surface area contributed by atoms with E-state index < -0.39 is 11.6 Å². The van der Waals surface area contributed by atoms with E-state index in [9.17, 15) is 8.78 Å². The minimum Gasteiger partial charge on any atom is -0.328 e. The highest BCUT2D eigenvalue weighted by molar-refractivity contribution is 5.23. The molecule has 1 aliphatic carbocycles. The maximum absolute atomic E-state index is 13.5. The van der Waals surface area contributed by atoms with Gasteiger partial charge in [0, 0.05) is 6.04 Å². The lowest BCUT2D eigenvalue weighted by Crippen LogP contribution is -2.27. The van der Waals surface area contributed by atoms with Gasteiger partial charge in [0.25, 0.3) is 0 Å². The van der Waals surface area contributed by atoms with Crippen molar-refractivity contribution in [3.05, 3.63) is 35.4 Å². The summed E-state index contributed by atoms with van der Waals surface area (Å²) in [6.45, 7) is 0. The second-order valence-electron chi connectivity index (χ2n) is 4.27. The van der Waals surface area contributed by atoms with Crippen molar-refractivity contribution in [3.8, 4) is 0 Å². The lowest BCUT2D eigenvalue weighted by molar-refractivity contribution is 0.378. The molecular formula is C12H15F2N. The Hall–Kier alpha value is -0.960. The quantitative estimate of drug-likeness (QED) is 0.759. The molecule has 82 valence electrons. The average Bonchev–Trinajstić information content (AvgIpc) is 2.22. The normalized spacial score (nSPS) is 26.6. The van der Waals surface area contributed by atoms with E-state index in [4.69, 9.17) is 5.73 Å². The zero-order valence-electron chi connectivity index (χ0n) is 8.55. The maximum atomic E-state index is 13.5. The molecule has 0 heterocycles. The molecule has 0 aliphatic heterocycles. The summed E-state index contributed by atoms with van der Waals surface area (Å²) < 4.78 is 26.5. The van der Waals surface area contributed by atoms with Crippen molar-refractivity contribution in [2.75, 3.05) is 0 Å². The van der Waals surface area contributed by atoms with Gasteiger partial charge in [0.15, 0.2) is 11.6 Å². The van der Waals surface area contributed by atoms with Gasteiger partial charge in [-0.1, -0.05) is 18.6 Å². The predicted octanol–water partition coefficient (Wildman–Crippen LogP) is 2.95. The molecule has 15 heavy (non-hydrogen) atoms. The number of hydrogen-bond donors (Lipinski definition) is 1. The van der Waals surface area contributed by atoms with Crippen molar-refractivity contribution in [1.29, 1.82) is 0 Å². The van der Waals surface area contributed by atoms with Gasteiger partial charge >= 0.3 is 0 Å². The van der Waals surface area contributed by atoms with Crippen molar-refractivity contribution < 1.29 is 8.78 Å². The van der Waals surface area contributed by atoms with Gasteiger partial charge in [0.2, 0.25) is 0 Å². The first-order valence-corrected chi connectivity index (χ1v) is 5.38. The highest BCUT2D eigenvalue weighted by atomic mass is 19.2. The van der Waals surface area contributed by atoms with Gasteiger partial charge in [-0.05, 0) is 36.8 Å². The minimum atomic E-state index is -0.758. The molecule has 1 nitrogen and oxygen atoms in total. The Morgan fingerprint density at radius 2 is 2.00 bits per heavy atom. The van der Waals surface area contributed by atoms with Crippen LogP contribution >= 0.6 is 0 Å². The fourth-order valence-corrected chi connectivity index (χ4v) is 2.35. The van der Waals surface area contributed by atoms with Gasteiger partial charge in [0.05, 0.1) is 0 Å². The van der Waals surface area contributed by atoms with Crippen LogP contribution < -0.4 is 5.73 Å². The van der Waals surface area contributed by atoms with Gasteiger partial charge in [-0.15, -0.1) is 0 Å². The standard InChI is InChI=1S/C12H15F2N/c13-11-6-2-5-10(12(11)14)8-3-1-4-9(15)7-8/h2,5-6,8-9H,1,3-4,7,15H2. The first-order chi connectivity index (χ1) is 7.18. The highest BCUT2D eigenvalue weighted by Gasteiger charge is 2.23. The molecule has 0 aromatic heterocycles. The molecule has 2 rings (SSSR count). The first kappa shape index (κ1) is 10.6. The Morgan fingerprint density at radius 3 is 2.73 bits per heavy atom. The molecule has 1 aromatic carbocycles. The molecule has 1 aromatic rings. The summed E-state index contributed by atoms with van der Waals surface area (Å²) >= 11 is 0. The van der Waals surface area contributed by atoms with Crippen LogP contribution in [0.2, 0.25) is 0 Å². The molecule has 0 amide bonds. The van der Waals surface area contributed by atoms with E-state index in [-0.39, 0.29) is 12.0 Å². The Kier molecular flexibility index (Phi) is 3.00. The molecule has 2 atom stereocenters. The summed E-state index contributed by atoms with van der Waals surface area (Å²) in [4.78, 5) is 0. The van der Waals surface area contributed by atoms with Gasteiger partial charge in [-0.2, -0.15) is 0 Å². The summed E-state index contributed by atoms with van der Waals surface area (Å²) in [6.07, 6.45) is 3.67. The molecule has 0 radical (unpaired) electrons. The second kappa shape index (κ2) is 4.27. The Morgan fingerprint density at radius 1 is 1.20 bits per heavy atom. The van der Waals surface area contributed by atoms with E-state index >= 15 is 0 Å². The third-order valence-corrected chi connectivity index (χ3v) is 3.14. The summed E-state index contributed by atoms with van der Waals surface area (Å²) in [5.74, 6) is -1.37. The molecule has 0 bridgehead atoms. The monoisotopic (exact) mass is 211 g/mol. The zero-order chi connectivity index (χ0) is 10.8. The van der Waals surface area contributed by atoms with Gasteiger partial charge in [-0.3, -0.25) is 0 Å². The van der Waals surface area contributed by atoms with E-state index in [0.717, 1.165) is 31.7 Å². The molecule has 2 N–H and O–H groups in total. The predicted molar refractivity (Wildman–Crippen MR) is 55.5 cm³/mol. The summed E-state index contributed by atoms with van der Waals surface area (Å²) in [5.41, 5.74) is 6.33. The number of rotatable bonds is 1. The van der Waals surface area contributed by atoms with Crippen LogP contribution in [0, 0.1) is 11.6 Å². The van der Waals surface area contributed by atoms with Crippen LogP contribution in [0.1, 0.15) is 37.2 Å². The fraction of sp³-hybridized carbons (Fsp3) is 0.500. The SMILES string of the molecule is NC1CCCC(c2cccc(F)c2F)C1. The van der Waals surface area contributed by atoms with Crippen molar-refractivity contribution in [1.82, 2.24) is 0 Å². The van der Waals surface area contributed by atoms with Gasteiger partial charge < -0.3 is 5.73 Å². The van der Waals surface area contributed by atoms with E-state index in [0.29, 0.717) is 5.56 Å². The molecule has 1 aliphatic rings. The summed E-state index contributed by atoms with van der Waals surface area (Å²) in [6, 6.07) is 4.52. The Bertz CT molecular complexity index is 351. The number of benzene rings is 1. The maximum Gasteiger partial charge on any atom is 0.162 e. The molecule has 1 fully saturated rings. The largest absolute Gasteiger partial charge is 0.328 e. The lowest BCUT2D eigenvalue weighted by Gasteiger charge is -2.27. The lowest BCUT2D eigenvalue weighted by atomic mass is 9.81. The smallest absolute Gasteiger partial charge is 0.162 e. The fourth-order valence-electron chi connectivity index (χ4n) is 2.35. The first-order valence-electron chi connectivity index (χ1n) is 5.38. The van der Waals surface area contributed by atoms with Crippen molar-refractivity contribution in [2.45, 2.75) is 37.6 Å². The van der Waals surface area contributed by atoms with Crippen LogP contribution in [0.25, 0.3) is 0 Å². The van der Waals surface area contributed by atoms with E-state index in [1.54, 1.807) is 12.1 Å². The molecule has 2 unspecified atom stereocenters. The van der Waals surface area contributed by atoms with Crippen LogP contribution in [0.4, 0.5) is 8.78 Å². The molecular weight excluding hydrogens is 196 g/mol. The molecule has 0 saturated heterocycles. The van der Waals surface area contributed by atoms with Crippen molar-refractivity contribution in [2.24, 2.45) is 5.73 Å². The molecule has 1 saturated carbocycles. The van der Waals surface area contributed by atoms with Crippen LogP contribution in [-0.2, 0) is 0 Å². The van der Waals surface area contributed by atoms with Crippen molar-refractivity contribution >= 4 is 0 Å². The van der Waals surface area contributed by atoms with Crippen LogP contribution in [-0.4, -0.2) is 6.04 Å². The van der Waals surface area contributed by atoms with E-state index in [2.05, 4.69) is 0 Å². The van der Waals surface area contributed by atoms with Gasteiger partial charge in [-0.25, -0.2) is 8.78 Å². The average molecular weight is 211 g/mol. The summed E-state index contributed by atoms with van der Waals surface area (Å²) in [5, 5.41) is 0.